The number of alkyl halides is 3. The Bertz CT molecular complexity index is 1410. The van der Waals surface area contributed by atoms with Crippen LogP contribution in [-0.4, -0.2) is 43.7 Å². The van der Waals surface area contributed by atoms with Gasteiger partial charge in [0.25, 0.3) is 5.56 Å². The number of piperidine rings is 1. The van der Waals surface area contributed by atoms with Gasteiger partial charge >= 0.3 is 6.30 Å². The van der Waals surface area contributed by atoms with Gasteiger partial charge < -0.3 is 0 Å². The van der Waals surface area contributed by atoms with Gasteiger partial charge in [0.1, 0.15) is 6.33 Å². The summed E-state index contributed by atoms with van der Waals surface area (Å²) in [7, 11) is 0. The fourth-order valence-electron chi connectivity index (χ4n) is 4.58. The Morgan fingerprint density at radius 2 is 1.43 bits per heavy atom. The first-order valence-corrected chi connectivity index (χ1v) is 11.8. The van der Waals surface area contributed by atoms with Crippen molar-refractivity contribution in [1.82, 2.24) is 24.3 Å². The van der Waals surface area contributed by atoms with Gasteiger partial charge in [0, 0.05) is 35.2 Å². The summed E-state index contributed by atoms with van der Waals surface area (Å²) in [5.74, 6) is -0.101. The maximum absolute atomic E-state index is 14.0. The highest BCUT2D eigenvalue weighted by Gasteiger charge is 2.39. The molecule has 5 rings (SSSR count). The van der Waals surface area contributed by atoms with Crippen molar-refractivity contribution in [1.29, 1.82) is 0 Å². The Morgan fingerprint density at radius 3 is 1.97 bits per heavy atom. The van der Waals surface area contributed by atoms with Gasteiger partial charge in [0.2, 0.25) is 0 Å². The third-order valence-corrected chi connectivity index (χ3v) is 6.89. The van der Waals surface area contributed by atoms with E-state index in [9.17, 15) is 18.0 Å². The van der Waals surface area contributed by atoms with E-state index in [0.717, 1.165) is 5.56 Å². The van der Waals surface area contributed by atoms with Crippen LogP contribution >= 0.6 is 23.2 Å². The second-order valence-electron chi connectivity index (χ2n) is 8.55. The van der Waals surface area contributed by atoms with Crippen molar-refractivity contribution in [3.63, 3.8) is 0 Å². The predicted molar refractivity (Wildman–Crippen MR) is 128 cm³/mol. The smallest absolute Gasteiger partial charge is 0.267 e. The van der Waals surface area contributed by atoms with Crippen LogP contribution in [-0.2, 0) is 6.54 Å². The normalized spacial score (nSPS) is 15.7. The lowest BCUT2D eigenvalue weighted by Crippen LogP contribution is -2.44. The van der Waals surface area contributed by atoms with E-state index in [4.69, 9.17) is 23.2 Å². The number of rotatable bonds is 4. The molecule has 6 nitrogen and oxygen atoms in total. The highest BCUT2D eigenvalue weighted by Crippen LogP contribution is 2.34. The molecule has 0 amide bonds. The monoisotopic (exact) mass is 521 g/mol. The maximum Gasteiger partial charge on any atom is 0.459 e. The number of hydrogen-bond acceptors (Lipinski definition) is 4. The predicted octanol–water partition coefficient (Wildman–Crippen LogP) is 5.76. The molecular weight excluding hydrogens is 502 g/mol. The van der Waals surface area contributed by atoms with E-state index in [1.165, 1.54) is 11.0 Å². The highest BCUT2D eigenvalue weighted by atomic mass is 35.5. The van der Waals surface area contributed by atoms with Crippen molar-refractivity contribution in [3.05, 3.63) is 75.3 Å². The number of aromatic nitrogens is 4. The third-order valence-electron chi connectivity index (χ3n) is 6.38. The molecule has 2 aromatic carbocycles. The lowest BCUT2D eigenvalue weighted by Gasteiger charge is -2.33. The van der Waals surface area contributed by atoms with Gasteiger partial charge in [-0.3, -0.25) is 4.79 Å². The average molecular weight is 522 g/mol. The molecule has 0 aliphatic carbocycles. The van der Waals surface area contributed by atoms with E-state index in [2.05, 4.69) is 10.2 Å². The largest absolute Gasteiger partial charge is 0.459 e. The van der Waals surface area contributed by atoms with Gasteiger partial charge in [0.05, 0.1) is 5.56 Å². The maximum atomic E-state index is 14.0. The van der Waals surface area contributed by atoms with Gasteiger partial charge in [-0.1, -0.05) is 47.5 Å². The molecule has 0 unspecified atom stereocenters. The van der Waals surface area contributed by atoms with Crippen molar-refractivity contribution >= 4 is 28.8 Å². The van der Waals surface area contributed by atoms with Gasteiger partial charge in [-0.2, -0.15) is 13.2 Å². The van der Waals surface area contributed by atoms with Gasteiger partial charge in [-0.05, 0) is 54.2 Å². The van der Waals surface area contributed by atoms with E-state index < -0.39 is 6.30 Å². The molecule has 1 saturated heterocycles. The molecule has 0 radical (unpaired) electrons. The summed E-state index contributed by atoms with van der Waals surface area (Å²) in [6.07, 6.45) is -2.24. The van der Waals surface area contributed by atoms with Crippen LogP contribution in [0.5, 0.6) is 0 Å². The van der Waals surface area contributed by atoms with Crippen molar-refractivity contribution < 1.29 is 13.2 Å². The second-order valence-corrected chi connectivity index (χ2v) is 9.42. The molecule has 3 heterocycles. The topological polar surface area (TPSA) is 55.4 Å². The lowest BCUT2D eigenvalue weighted by atomic mass is 9.95. The number of hydrogen-bond donors (Lipinski definition) is 0. The first-order chi connectivity index (χ1) is 16.7. The minimum absolute atomic E-state index is 0.0961. The van der Waals surface area contributed by atoms with Crippen molar-refractivity contribution in [2.75, 3.05) is 13.1 Å². The minimum Gasteiger partial charge on any atom is -0.267 e. The van der Waals surface area contributed by atoms with Gasteiger partial charge in [-0.15, -0.1) is 10.2 Å². The Balaban J connectivity index is 1.64. The van der Waals surface area contributed by atoms with Crippen molar-refractivity contribution in [3.8, 4) is 22.3 Å². The summed E-state index contributed by atoms with van der Waals surface area (Å²) < 4.78 is 42.3. The van der Waals surface area contributed by atoms with E-state index in [1.54, 1.807) is 40.9 Å². The van der Waals surface area contributed by atoms with Crippen molar-refractivity contribution in [2.24, 2.45) is 5.92 Å². The molecule has 182 valence electrons. The van der Waals surface area contributed by atoms with Gasteiger partial charge in [0.15, 0.2) is 5.65 Å². The van der Waals surface area contributed by atoms with Crippen LogP contribution in [0.2, 0.25) is 10.0 Å². The molecule has 0 bridgehead atoms. The van der Waals surface area contributed by atoms with E-state index >= 15 is 0 Å². The van der Waals surface area contributed by atoms with Crippen molar-refractivity contribution in [2.45, 2.75) is 25.7 Å². The van der Waals surface area contributed by atoms with Crippen LogP contribution in [0.4, 0.5) is 13.2 Å². The van der Waals surface area contributed by atoms with Crippen LogP contribution < -0.4 is 5.56 Å². The molecule has 4 aromatic rings. The number of likely N-dealkylation sites (tertiary alicyclic amines) is 1. The minimum atomic E-state index is -4.34. The van der Waals surface area contributed by atoms with E-state index in [-0.39, 0.29) is 31.1 Å². The molecular formula is C24H20Cl2F3N5O. The summed E-state index contributed by atoms with van der Waals surface area (Å²) in [6.45, 7) is 0.0584. The molecule has 1 aliphatic heterocycles. The summed E-state index contributed by atoms with van der Waals surface area (Å²) >= 11 is 12.2. The molecule has 1 fully saturated rings. The Morgan fingerprint density at radius 1 is 0.886 bits per heavy atom. The molecule has 0 N–H and O–H groups in total. The lowest BCUT2D eigenvalue weighted by molar-refractivity contribution is -0.251. The molecule has 2 aromatic heterocycles. The summed E-state index contributed by atoms with van der Waals surface area (Å²) in [5, 5.41) is 9.42. The molecule has 0 saturated carbocycles. The SMILES string of the molecule is O=c1c(-c2ccc(Cl)cc2)c(-c2ccc(Cl)cc2)c2nncn2n1CC1CCN(C(F)(F)F)CC1. The Labute approximate surface area is 208 Å². The van der Waals surface area contributed by atoms with Gasteiger partial charge in [-0.25, -0.2) is 14.1 Å². The molecule has 11 heteroatoms. The van der Waals surface area contributed by atoms with Crippen LogP contribution in [0.15, 0.2) is 59.7 Å². The Kier molecular flexibility index (Phi) is 6.33. The highest BCUT2D eigenvalue weighted by molar-refractivity contribution is 6.31. The zero-order valence-electron chi connectivity index (χ0n) is 18.3. The zero-order chi connectivity index (χ0) is 24.7. The standard InChI is InChI=1S/C24H20Cl2F3N5O/c25-18-5-1-16(2-6-18)20-21(17-3-7-19(26)8-4-17)23(35)33(34-14-30-31-22(20)34)13-15-9-11-32(12-10-15)24(27,28)29/h1-8,14-15H,9-13H2. The quantitative estimate of drug-likeness (QED) is 0.320. The Hall–Kier alpha value is -2.88. The molecule has 35 heavy (non-hydrogen) atoms. The average Bonchev–Trinajstić information content (AvgIpc) is 3.31. The molecule has 1 aliphatic rings. The van der Waals surface area contributed by atoms with Crippen LogP contribution in [0.1, 0.15) is 12.8 Å². The van der Waals surface area contributed by atoms with E-state index in [0.29, 0.717) is 50.1 Å². The second kappa shape index (κ2) is 9.29. The number of nitrogens with zero attached hydrogens (tertiary/aromatic N) is 5. The zero-order valence-corrected chi connectivity index (χ0v) is 19.9. The molecule has 0 spiro atoms. The molecule has 0 atom stereocenters. The number of benzene rings is 2. The fraction of sp³-hybridized carbons (Fsp3) is 0.292. The first kappa shape index (κ1) is 23.8. The summed E-state index contributed by atoms with van der Waals surface area (Å²) in [5.41, 5.74) is 2.56. The summed E-state index contributed by atoms with van der Waals surface area (Å²) in [4.78, 5) is 14.5. The van der Waals surface area contributed by atoms with Crippen LogP contribution in [0.3, 0.4) is 0 Å². The summed E-state index contributed by atoms with van der Waals surface area (Å²) in [6, 6.07) is 14.0. The first-order valence-electron chi connectivity index (χ1n) is 11.0. The fourth-order valence-corrected chi connectivity index (χ4v) is 4.83. The third kappa shape index (κ3) is 4.68. The van der Waals surface area contributed by atoms with E-state index in [1.807, 2.05) is 12.1 Å². The number of halogens is 5. The number of fused-ring (bicyclic) bond motifs is 1. The van der Waals surface area contributed by atoms with Crippen LogP contribution in [0, 0.1) is 5.92 Å². The van der Waals surface area contributed by atoms with Crippen LogP contribution in [0.25, 0.3) is 27.9 Å².